The first-order chi connectivity index (χ1) is 6.82. The van der Waals surface area contributed by atoms with Gasteiger partial charge >= 0.3 is 0 Å². The van der Waals surface area contributed by atoms with Crippen LogP contribution in [0.3, 0.4) is 0 Å². The van der Waals surface area contributed by atoms with E-state index in [4.69, 9.17) is 10.5 Å². The average Bonchev–Trinajstić information content (AvgIpc) is 2.18. The summed E-state index contributed by atoms with van der Waals surface area (Å²) in [6.07, 6.45) is 7.19. The highest BCUT2D eigenvalue weighted by Crippen LogP contribution is 2.45. The fraction of sp³-hybridized carbons (Fsp3) is 0.545. The number of ether oxygens (including phenoxy) is 1. The van der Waals surface area contributed by atoms with Crippen molar-refractivity contribution in [2.75, 3.05) is 13.7 Å². The average molecular weight is 192 g/mol. The maximum absolute atomic E-state index is 5.85. The molecule has 0 aromatic carbocycles. The van der Waals surface area contributed by atoms with Crippen LogP contribution >= 0.6 is 0 Å². The Kier molecular flexibility index (Phi) is 2.42. The van der Waals surface area contributed by atoms with Gasteiger partial charge in [-0.15, -0.1) is 0 Å². The van der Waals surface area contributed by atoms with Crippen LogP contribution in [0, 0.1) is 0 Å². The smallest absolute Gasteiger partial charge is 0.140 e. The quantitative estimate of drug-likeness (QED) is 0.789. The highest BCUT2D eigenvalue weighted by Gasteiger charge is 2.39. The van der Waals surface area contributed by atoms with Gasteiger partial charge in [-0.3, -0.25) is 4.98 Å². The summed E-state index contributed by atoms with van der Waals surface area (Å²) >= 11 is 0. The van der Waals surface area contributed by atoms with Crippen LogP contribution in [0.1, 0.15) is 24.8 Å². The standard InChI is InChI=1S/C11H16N2O/c1-14-10-7-13-6-3-9(10)11(8-12)4-2-5-11/h3,6-7H,2,4-5,8,12H2,1H3. The van der Waals surface area contributed by atoms with Crippen LogP contribution in [0.5, 0.6) is 5.75 Å². The van der Waals surface area contributed by atoms with Crippen molar-refractivity contribution in [3.05, 3.63) is 24.0 Å². The Morgan fingerprint density at radius 2 is 2.36 bits per heavy atom. The first-order valence-electron chi connectivity index (χ1n) is 5.01. The predicted molar refractivity (Wildman–Crippen MR) is 55.4 cm³/mol. The zero-order valence-electron chi connectivity index (χ0n) is 8.49. The van der Waals surface area contributed by atoms with Gasteiger partial charge in [0, 0.05) is 23.7 Å². The van der Waals surface area contributed by atoms with E-state index in [0.29, 0.717) is 6.54 Å². The molecule has 0 saturated heterocycles. The lowest BCUT2D eigenvalue weighted by Gasteiger charge is -2.41. The molecule has 0 bridgehead atoms. The van der Waals surface area contributed by atoms with Crippen molar-refractivity contribution >= 4 is 0 Å². The highest BCUT2D eigenvalue weighted by atomic mass is 16.5. The minimum absolute atomic E-state index is 0.161. The van der Waals surface area contributed by atoms with Crippen molar-refractivity contribution in [1.82, 2.24) is 4.98 Å². The van der Waals surface area contributed by atoms with Gasteiger partial charge < -0.3 is 10.5 Å². The SMILES string of the molecule is COc1cnccc1C1(CN)CCC1. The van der Waals surface area contributed by atoms with Crippen LogP contribution in [0.2, 0.25) is 0 Å². The largest absolute Gasteiger partial charge is 0.495 e. The Morgan fingerprint density at radius 3 is 2.86 bits per heavy atom. The topological polar surface area (TPSA) is 48.1 Å². The third-order valence-corrected chi connectivity index (χ3v) is 3.28. The molecule has 0 atom stereocenters. The Hall–Kier alpha value is -1.09. The molecule has 1 aliphatic carbocycles. The van der Waals surface area contributed by atoms with Crippen LogP contribution < -0.4 is 10.5 Å². The van der Waals surface area contributed by atoms with E-state index in [1.165, 1.54) is 24.8 Å². The number of pyridine rings is 1. The summed E-state index contributed by atoms with van der Waals surface area (Å²) in [6.45, 7) is 0.702. The molecule has 0 spiro atoms. The number of hydrogen-bond acceptors (Lipinski definition) is 3. The van der Waals surface area contributed by atoms with E-state index in [-0.39, 0.29) is 5.41 Å². The first-order valence-corrected chi connectivity index (χ1v) is 5.01. The van der Waals surface area contributed by atoms with E-state index in [2.05, 4.69) is 4.98 Å². The van der Waals surface area contributed by atoms with Crippen LogP contribution in [-0.2, 0) is 5.41 Å². The summed E-state index contributed by atoms with van der Waals surface area (Å²) < 4.78 is 5.31. The Labute approximate surface area is 84.3 Å². The molecular weight excluding hydrogens is 176 g/mol. The molecule has 76 valence electrons. The molecule has 0 aliphatic heterocycles. The van der Waals surface area contributed by atoms with E-state index in [1.54, 1.807) is 13.3 Å². The molecule has 1 fully saturated rings. The summed E-state index contributed by atoms with van der Waals surface area (Å²) in [5.41, 5.74) is 7.24. The molecule has 1 heterocycles. The molecule has 14 heavy (non-hydrogen) atoms. The van der Waals surface area contributed by atoms with E-state index >= 15 is 0 Å². The predicted octanol–water partition coefficient (Wildman–Crippen LogP) is 1.47. The first kappa shape index (κ1) is 9.46. The van der Waals surface area contributed by atoms with Crippen LogP contribution in [-0.4, -0.2) is 18.6 Å². The van der Waals surface area contributed by atoms with Crippen LogP contribution in [0.25, 0.3) is 0 Å². The number of nitrogens with two attached hydrogens (primary N) is 1. The van der Waals surface area contributed by atoms with Crippen molar-refractivity contribution in [1.29, 1.82) is 0 Å². The van der Waals surface area contributed by atoms with Gasteiger partial charge in [0.1, 0.15) is 5.75 Å². The summed E-state index contributed by atoms with van der Waals surface area (Å²) in [7, 11) is 1.68. The van der Waals surface area contributed by atoms with Crippen molar-refractivity contribution < 1.29 is 4.74 Å². The minimum atomic E-state index is 0.161. The fourth-order valence-corrected chi connectivity index (χ4v) is 2.17. The van der Waals surface area contributed by atoms with Crippen LogP contribution in [0.15, 0.2) is 18.5 Å². The third kappa shape index (κ3) is 1.28. The van der Waals surface area contributed by atoms with E-state index < -0.39 is 0 Å². The van der Waals surface area contributed by atoms with Crippen molar-refractivity contribution in [2.45, 2.75) is 24.7 Å². The number of methoxy groups -OCH3 is 1. The molecule has 2 rings (SSSR count). The van der Waals surface area contributed by atoms with Crippen molar-refractivity contribution in [2.24, 2.45) is 5.73 Å². The molecule has 0 radical (unpaired) electrons. The maximum Gasteiger partial charge on any atom is 0.140 e. The lowest BCUT2D eigenvalue weighted by molar-refractivity contribution is 0.243. The van der Waals surface area contributed by atoms with Crippen molar-refractivity contribution in [3.63, 3.8) is 0 Å². The van der Waals surface area contributed by atoms with Gasteiger partial charge in [-0.2, -0.15) is 0 Å². The van der Waals surface area contributed by atoms with Gasteiger partial charge in [0.05, 0.1) is 13.3 Å². The molecule has 1 saturated carbocycles. The van der Waals surface area contributed by atoms with E-state index in [0.717, 1.165) is 5.75 Å². The van der Waals surface area contributed by atoms with Gasteiger partial charge in [-0.1, -0.05) is 6.42 Å². The summed E-state index contributed by atoms with van der Waals surface area (Å²) in [5.74, 6) is 0.873. The van der Waals surface area contributed by atoms with Crippen LogP contribution in [0.4, 0.5) is 0 Å². The second-order valence-electron chi connectivity index (χ2n) is 3.91. The Morgan fingerprint density at radius 1 is 1.57 bits per heavy atom. The molecule has 1 aliphatic rings. The molecule has 1 aromatic rings. The van der Waals surface area contributed by atoms with Gasteiger partial charge in [0.2, 0.25) is 0 Å². The maximum atomic E-state index is 5.85. The fourth-order valence-electron chi connectivity index (χ4n) is 2.17. The molecule has 0 amide bonds. The molecule has 3 heteroatoms. The van der Waals surface area contributed by atoms with Crippen molar-refractivity contribution in [3.8, 4) is 5.75 Å². The summed E-state index contributed by atoms with van der Waals surface area (Å²) in [4.78, 5) is 4.06. The second-order valence-corrected chi connectivity index (χ2v) is 3.91. The summed E-state index contributed by atoms with van der Waals surface area (Å²) in [6, 6.07) is 2.03. The lowest BCUT2D eigenvalue weighted by atomic mass is 9.64. The second kappa shape index (κ2) is 3.58. The number of rotatable bonds is 3. The Bertz CT molecular complexity index is 315. The molecule has 3 nitrogen and oxygen atoms in total. The highest BCUT2D eigenvalue weighted by molar-refractivity contribution is 5.39. The zero-order chi connectivity index (χ0) is 10.0. The number of aromatic nitrogens is 1. The molecular formula is C11H16N2O. The molecule has 2 N–H and O–H groups in total. The number of hydrogen-bond donors (Lipinski definition) is 1. The molecule has 0 unspecified atom stereocenters. The minimum Gasteiger partial charge on any atom is -0.495 e. The number of nitrogens with zero attached hydrogens (tertiary/aromatic N) is 1. The normalized spacial score (nSPS) is 18.7. The lowest BCUT2D eigenvalue weighted by Crippen LogP contribution is -2.41. The monoisotopic (exact) mass is 192 g/mol. The Balaban J connectivity index is 2.38. The third-order valence-electron chi connectivity index (χ3n) is 3.28. The summed E-state index contributed by atoms with van der Waals surface area (Å²) in [5, 5.41) is 0. The van der Waals surface area contributed by atoms with Gasteiger partial charge in [0.15, 0.2) is 0 Å². The van der Waals surface area contributed by atoms with Gasteiger partial charge in [-0.05, 0) is 18.9 Å². The van der Waals surface area contributed by atoms with E-state index in [1.807, 2.05) is 12.3 Å². The van der Waals surface area contributed by atoms with E-state index in [9.17, 15) is 0 Å². The van der Waals surface area contributed by atoms with Gasteiger partial charge in [-0.25, -0.2) is 0 Å². The van der Waals surface area contributed by atoms with Gasteiger partial charge in [0.25, 0.3) is 0 Å². The zero-order valence-corrected chi connectivity index (χ0v) is 8.49. The molecule has 1 aromatic heterocycles.